The summed E-state index contributed by atoms with van der Waals surface area (Å²) in [5, 5.41) is 0. The van der Waals surface area contributed by atoms with Gasteiger partial charge in [0, 0.05) is 39.6 Å². The third kappa shape index (κ3) is 4.61. The van der Waals surface area contributed by atoms with E-state index in [1.54, 1.807) is 4.91 Å². The van der Waals surface area contributed by atoms with Crippen molar-refractivity contribution in [3.63, 3.8) is 0 Å². The molecule has 0 amide bonds. The number of thioether (sulfide) groups is 1. The first-order valence-corrected chi connectivity index (χ1v) is 14.3. The van der Waals surface area contributed by atoms with Crippen LogP contribution < -0.4 is 4.90 Å². The summed E-state index contributed by atoms with van der Waals surface area (Å²) >= 11 is 16.8. The van der Waals surface area contributed by atoms with Crippen molar-refractivity contribution in [2.24, 2.45) is 0 Å². The second-order valence-corrected chi connectivity index (χ2v) is 12.5. The average molecular weight is 685 g/mol. The zero-order chi connectivity index (χ0) is 21.5. The van der Waals surface area contributed by atoms with Gasteiger partial charge in [-0.1, -0.05) is 81.9 Å². The second-order valence-electron chi connectivity index (χ2n) is 7.80. The molecule has 1 aliphatic carbocycles. The van der Waals surface area contributed by atoms with E-state index >= 15 is 0 Å². The van der Waals surface area contributed by atoms with Crippen molar-refractivity contribution in [1.82, 2.24) is 0 Å². The molecule has 1 heterocycles. The highest BCUT2D eigenvalue weighted by Gasteiger charge is 2.30. The molecule has 158 valence electrons. The fourth-order valence-electron chi connectivity index (χ4n) is 4.44. The monoisotopic (exact) mass is 681 g/mol. The van der Waals surface area contributed by atoms with Crippen LogP contribution in [0, 0.1) is 0 Å². The van der Waals surface area contributed by atoms with E-state index in [9.17, 15) is 0 Å². The zero-order valence-corrected chi connectivity index (χ0v) is 23.8. The lowest BCUT2D eigenvalue weighted by Crippen LogP contribution is -2.20. The topological polar surface area (TPSA) is 3.24 Å². The average Bonchev–Trinajstić information content (AvgIpc) is 3.15. The van der Waals surface area contributed by atoms with E-state index in [0.29, 0.717) is 0 Å². The highest BCUT2D eigenvalue weighted by atomic mass is 79.9. The molecular formula is C25H19Br4NS. The van der Waals surface area contributed by atoms with Gasteiger partial charge in [0.15, 0.2) is 0 Å². The maximum atomic E-state index is 3.69. The van der Waals surface area contributed by atoms with Crippen LogP contribution in [0.2, 0.25) is 0 Å². The quantitative estimate of drug-likeness (QED) is 0.270. The summed E-state index contributed by atoms with van der Waals surface area (Å²) in [5.74, 6) is 0.985. The van der Waals surface area contributed by atoms with Crippen molar-refractivity contribution >= 4 is 81.2 Å². The van der Waals surface area contributed by atoms with E-state index in [0.717, 1.165) is 23.8 Å². The highest BCUT2D eigenvalue weighted by Crippen LogP contribution is 2.49. The lowest BCUT2D eigenvalue weighted by atomic mass is 9.94. The summed E-state index contributed by atoms with van der Waals surface area (Å²) in [4.78, 5) is 4.16. The van der Waals surface area contributed by atoms with Crippen molar-refractivity contribution in [2.45, 2.75) is 25.7 Å². The maximum absolute atomic E-state index is 3.69. The molecule has 0 radical (unpaired) electrons. The minimum absolute atomic E-state index is 0.985. The van der Waals surface area contributed by atoms with E-state index in [2.05, 4.69) is 123 Å². The molecule has 3 aromatic carbocycles. The Labute approximate surface area is 221 Å². The van der Waals surface area contributed by atoms with Gasteiger partial charge in [-0.2, -0.15) is 0 Å². The van der Waals surface area contributed by atoms with E-state index in [1.165, 1.54) is 59.3 Å². The van der Waals surface area contributed by atoms with E-state index in [-0.39, 0.29) is 0 Å². The van der Waals surface area contributed by atoms with Crippen LogP contribution in [0.15, 0.2) is 83.1 Å². The Morgan fingerprint density at radius 3 is 1.74 bits per heavy atom. The molecule has 0 unspecified atom stereocenters. The molecule has 0 fully saturated rings. The number of halogens is 4. The van der Waals surface area contributed by atoms with Gasteiger partial charge in [-0.15, -0.1) is 11.8 Å². The predicted octanol–water partition coefficient (Wildman–Crippen LogP) is 10.4. The number of benzene rings is 3. The molecule has 0 N–H and O–H groups in total. The van der Waals surface area contributed by atoms with Gasteiger partial charge in [0.1, 0.15) is 0 Å². The third-order valence-electron chi connectivity index (χ3n) is 5.74. The van der Waals surface area contributed by atoms with Gasteiger partial charge in [-0.3, -0.25) is 0 Å². The molecular weight excluding hydrogens is 666 g/mol. The number of rotatable bonds is 3. The van der Waals surface area contributed by atoms with E-state index in [4.69, 9.17) is 0 Å². The van der Waals surface area contributed by atoms with Crippen LogP contribution in [0.25, 0.3) is 22.3 Å². The van der Waals surface area contributed by atoms with Crippen molar-refractivity contribution in [3.05, 3.63) is 83.1 Å². The number of para-hydroxylation sites is 1. The first kappa shape index (κ1) is 22.3. The Hall–Kier alpha value is -0.530. The molecule has 0 aromatic heterocycles. The minimum atomic E-state index is 0.985. The SMILES string of the molecule is Brc1cc(Br)cc(-c2cccc(-c3cc(Br)cc(Br)c3)c2N2CSC3=C2CCCC3)c1. The van der Waals surface area contributed by atoms with Crippen LogP contribution in [-0.4, -0.2) is 5.88 Å². The molecule has 1 nitrogen and oxygen atoms in total. The van der Waals surface area contributed by atoms with Crippen LogP contribution in [-0.2, 0) is 0 Å². The van der Waals surface area contributed by atoms with Gasteiger partial charge in [0.05, 0.1) is 11.6 Å². The van der Waals surface area contributed by atoms with Gasteiger partial charge in [0.2, 0.25) is 0 Å². The lowest BCUT2D eigenvalue weighted by Gasteiger charge is -2.29. The summed E-state index contributed by atoms with van der Waals surface area (Å²) in [5.41, 5.74) is 7.76. The molecule has 0 bridgehead atoms. The minimum Gasteiger partial charge on any atom is -0.333 e. The molecule has 0 saturated carbocycles. The molecule has 6 heteroatoms. The molecule has 0 atom stereocenters. The zero-order valence-electron chi connectivity index (χ0n) is 16.6. The van der Waals surface area contributed by atoms with Gasteiger partial charge in [-0.05, 0) is 73.2 Å². The summed E-state index contributed by atoms with van der Waals surface area (Å²) in [6.07, 6.45) is 4.98. The Bertz CT molecular complexity index is 1090. The fraction of sp³-hybridized carbons (Fsp3) is 0.200. The summed E-state index contributed by atoms with van der Waals surface area (Å²) in [6.45, 7) is 0. The molecule has 3 aromatic rings. The largest absolute Gasteiger partial charge is 0.333 e. The third-order valence-corrected chi connectivity index (χ3v) is 8.74. The van der Waals surface area contributed by atoms with Gasteiger partial charge in [0.25, 0.3) is 0 Å². The van der Waals surface area contributed by atoms with Crippen molar-refractivity contribution < 1.29 is 0 Å². The molecule has 0 saturated heterocycles. The molecule has 5 rings (SSSR count). The van der Waals surface area contributed by atoms with E-state index < -0.39 is 0 Å². The predicted molar refractivity (Wildman–Crippen MR) is 149 cm³/mol. The second kappa shape index (κ2) is 9.38. The molecule has 0 spiro atoms. The first-order chi connectivity index (χ1) is 15.0. The van der Waals surface area contributed by atoms with Crippen LogP contribution >= 0.6 is 75.5 Å². The van der Waals surface area contributed by atoms with Gasteiger partial charge < -0.3 is 4.90 Å². The Morgan fingerprint density at radius 2 is 1.19 bits per heavy atom. The normalized spacial score (nSPS) is 16.1. The fourth-order valence-corrected chi connectivity index (χ4v) is 8.27. The van der Waals surface area contributed by atoms with Crippen LogP contribution in [0.1, 0.15) is 25.7 Å². The number of hydrogen-bond acceptors (Lipinski definition) is 2. The highest BCUT2D eigenvalue weighted by molar-refractivity contribution is 9.11. The van der Waals surface area contributed by atoms with Crippen molar-refractivity contribution in [2.75, 3.05) is 10.8 Å². The summed E-state index contributed by atoms with van der Waals surface area (Å²) < 4.78 is 4.30. The molecule has 2 aliphatic rings. The Morgan fingerprint density at radius 1 is 0.677 bits per heavy atom. The number of allylic oxidation sites excluding steroid dienone is 2. The van der Waals surface area contributed by atoms with Crippen molar-refractivity contribution in [3.8, 4) is 22.3 Å². The van der Waals surface area contributed by atoms with Crippen LogP contribution in [0.4, 0.5) is 5.69 Å². The number of nitrogens with zero attached hydrogens (tertiary/aromatic N) is 1. The molecule has 31 heavy (non-hydrogen) atoms. The lowest BCUT2D eigenvalue weighted by molar-refractivity contribution is 0.684. The van der Waals surface area contributed by atoms with Crippen LogP contribution in [0.5, 0.6) is 0 Å². The van der Waals surface area contributed by atoms with E-state index in [1.807, 2.05) is 11.8 Å². The first-order valence-electron chi connectivity index (χ1n) is 10.2. The Kier molecular flexibility index (Phi) is 6.74. The maximum Gasteiger partial charge on any atom is 0.0729 e. The summed E-state index contributed by atoms with van der Waals surface area (Å²) in [6, 6.07) is 19.7. The van der Waals surface area contributed by atoms with Crippen molar-refractivity contribution in [1.29, 1.82) is 0 Å². The number of anilines is 1. The Balaban J connectivity index is 1.77. The number of hydrogen-bond donors (Lipinski definition) is 0. The van der Waals surface area contributed by atoms with Crippen LogP contribution in [0.3, 0.4) is 0 Å². The molecule has 1 aliphatic heterocycles. The van der Waals surface area contributed by atoms with Gasteiger partial charge in [-0.25, -0.2) is 0 Å². The standard InChI is InChI=1S/C25H19Br4NS/c26-17-8-15(9-18(27)12-17)21-4-3-5-22(16-10-19(28)13-20(29)11-16)25(21)30-14-31-24-7-2-1-6-23(24)30/h3-5,8-13H,1-2,6-7,14H2. The van der Waals surface area contributed by atoms with Gasteiger partial charge >= 0.3 is 0 Å². The summed E-state index contributed by atoms with van der Waals surface area (Å²) in [7, 11) is 0. The smallest absolute Gasteiger partial charge is 0.0729 e.